The first-order chi connectivity index (χ1) is 19.5. The van der Waals surface area contributed by atoms with Crippen molar-refractivity contribution in [3.05, 3.63) is 104 Å². The summed E-state index contributed by atoms with van der Waals surface area (Å²) < 4.78 is 41.1. The Kier molecular flexibility index (Phi) is 7.92. The number of ether oxygens (including phenoxy) is 2. The largest absolute Gasteiger partial charge is 0.491 e. The highest BCUT2D eigenvalue weighted by Gasteiger charge is 2.36. The fourth-order valence-corrected chi connectivity index (χ4v) is 6.59. The zero-order valence-electron chi connectivity index (χ0n) is 22.9. The Morgan fingerprint density at radius 3 is 2.24 bits per heavy atom. The first kappa shape index (κ1) is 28.4. The van der Waals surface area contributed by atoms with Crippen LogP contribution in [0.2, 0.25) is 0 Å². The lowest BCUT2D eigenvalue weighted by molar-refractivity contribution is -0.0128. The van der Waals surface area contributed by atoms with Gasteiger partial charge in [0.1, 0.15) is 30.3 Å². The maximum Gasteiger partial charge on any atom is 0.440 e. The molecule has 1 aliphatic heterocycles. The van der Waals surface area contributed by atoms with Gasteiger partial charge in [-0.15, -0.1) is 4.74 Å². The van der Waals surface area contributed by atoms with E-state index in [0.717, 1.165) is 38.1 Å². The third kappa shape index (κ3) is 6.98. The van der Waals surface area contributed by atoms with Gasteiger partial charge >= 0.3 is 11.4 Å². The summed E-state index contributed by atoms with van der Waals surface area (Å²) in [6.45, 7) is 4.55. The van der Waals surface area contributed by atoms with E-state index in [1.165, 1.54) is 0 Å². The summed E-state index contributed by atoms with van der Waals surface area (Å²) in [5.74, 6) is 0.465. The lowest BCUT2D eigenvalue weighted by Gasteiger charge is -2.31. The number of aryl methyl sites for hydroxylation is 2. The van der Waals surface area contributed by atoms with Crippen molar-refractivity contribution in [2.24, 2.45) is 0 Å². The summed E-state index contributed by atoms with van der Waals surface area (Å²) in [5, 5.41) is 10.8. The second kappa shape index (κ2) is 11.4. The van der Waals surface area contributed by atoms with Crippen molar-refractivity contribution in [3.63, 3.8) is 0 Å². The molecule has 0 bridgehead atoms. The third-order valence-electron chi connectivity index (χ3n) is 7.27. The number of sulfone groups is 1. The number of aromatic nitrogens is 2. The number of nitrogens with one attached hydrogen (secondary N) is 1. The monoisotopic (exact) mass is 580 g/mol. The summed E-state index contributed by atoms with van der Waals surface area (Å²) in [7, 11) is -3.07. The van der Waals surface area contributed by atoms with E-state index in [-0.39, 0.29) is 37.5 Å². The standard InChI is InChI=1S/C30H32N2O8S/c1-20-14-26(39-19-30(35)10-12-41(36,37)13-11-30)15-21(2)27(20)24-5-3-4-23(16-24)18-38-25-8-6-22(7-9-25)17-32-28(33)31-29(34)40-32/h3-9,14-16,35H,10-13,17-19H2,1-2H3,(H,31,33,34). The number of aromatic amines is 1. The van der Waals surface area contributed by atoms with Crippen molar-refractivity contribution in [1.29, 1.82) is 0 Å². The van der Waals surface area contributed by atoms with Crippen molar-refractivity contribution in [2.45, 2.75) is 45.4 Å². The molecule has 0 aliphatic carbocycles. The van der Waals surface area contributed by atoms with Crippen LogP contribution in [-0.4, -0.2) is 47.0 Å². The minimum atomic E-state index is -3.07. The Hall–Kier alpha value is -4.09. The van der Waals surface area contributed by atoms with Crippen LogP contribution >= 0.6 is 0 Å². The van der Waals surface area contributed by atoms with Crippen LogP contribution in [0.25, 0.3) is 11.1 Å². The topological polar surface area (TPSA) is 141 Å². The molecule has 1 saturated heterocycles. The Bertz CT molecular complexity index is 1730. The lowest BCUT2D eigenvalue weighted by atomic mass is 9.94. The molecule has 1 aliphatic rings. The van der Waals surface area contributed by atoms with E-state index < -0.39 is 26.9 Å². The zero-order valence-corrected chi connectivity index (χ0v) is 23.7. The van der Waals surface area contributed by atoms with Gasteiger partial charge in [0.15, 0.2) is 9.84 Å². The molecule has 0 spiro atoms. The smallest absolute Gasteiger partial charge is 0.440 e. The summed E-state index contributed by atoms with van der Waals surface area (Å²) in [5.41, 5.74) is 4.19. The molecule has 0 unspecified atom stereocenters. The SMILES string of the molecule is Cc1cc(OCC2(O)CCS(=O)(=O)CC2)cc(C)c1-c1cccc(COc2ccc(Cn3oc(=O)[nH]c3=O)cc2)c1. The molecule has 1 aromatic heterocycles. The minimum absolute atomic E-state index is 0.0212. The van der Waals surface area contributed by atoms with Crippen LogP contribution in [0.4, 0.5) is 0 Å². The van der Waals surface area contributed by atoms with Gasteiger partial charge in [-0.1, -0.05) is 30.3 Å². The predicted molar refractivity (Wildman–Crippen MR) is 153 cm³/mol. The number of nitrogens with zero attached hydrogens (tertiary/aromatic N) is 1. The van der Waals surface area contributed by atoms with Crippen molar-refractivity contribution in [1.82, 2.24) is 9.72 Å². The number of H-pyrrole nitrogens is 1. The van der Waals surface area contributed by atoms with Crippen LogP contribution < -0.4 is 20.9 Å². The average molecular weight is 581 g/mol. The Balaban J connectivity index is 1.22. The fraction of sp³-hybridized carbons (Fsp3) is 0.333. The molecular weight excluding hydrogens is 548 g/mol. The molecule has 11 heteroatoms. The van der Waals surface area contributed by atoms with Crippen molar-refractivity contribution >= 4 is 9.84 Å². The molecule has 4 aromatic rings. The van der Waals surface area contributed by atoms with Crippen molar-refractivity contribution in [3.8, 4) is 22.6 Å². The molecule has 0 radical (unpaired) electrons. The van der Waals surface area contributed by atoms with E-state index in [9.17, 15) is 23.1 Å². The van der Waals surface area contributed by atoms with E-state index in [0.29, 0.717) is 18.1 Å². The zero-order chi connectivity index (χ0) is 29.2. The number of benzene rings is 3. The first-order valence-electron chi connectivity index (χ1n) is 13.3. The summed E-state index contributed by atoms with van der Waals surface area (Å²) in [6, 6.07) is 19.2. The maximum atomic E-state index is 11.7. The molecule has 3 aromatic carbocycles. The van der Waals surface area contributed by atoms with Crippen molar-refractivity contribution < 1.29 is 27.5 Å². The van der Waals surface area contributed by atoms with E-state index in [1.807, 2.05) is 44.2 Å². The molecule has 41 heavy (non-hydrogen) atoms. The molecule has 1 fully saturated rings. The maximum absolute atomic E-state index is 11.7. The average Bonchev–Trinajstić information content (AvgIpc) is 3.25. The number of hydrogen-bond acceptors (Lipinski definition) is 8. The molecule has 0 saturated carbocycles. The number of rotatable bonds is 9. The van der Waals surface area contributed by atoms with Gasteiger partial charge in [-0.2, -0.15) is 0 Å². The third-order valence-corrected chi connectivity index (χ3v) is 8.92. The van der Waals surface area contributed by atoms with Gasteiger partial charge in [-0.25, -0.2) is 23.0 Å². The molecule has 5 rings (SSSR count). The van der Waals surface area contributed by atoms with E-state index >= 15 is 0 Å². The van der Waals surface area contributed by atoms with Gasteiger partial charge < -0.3 is 19.1 Å². The number of hydrogen-bond donors (Lipinski definition) is 2. The molecule has 216 valence electrons. The van der Waals surface area contributed by atoms with E-state index in [1.54, 1.807) is 24.3 Å². The highest BCUT2D eigenvalue weighted by Crippen LogP contribution is 2.33. The van der Waals surface area contributed by atoms with Crippen LogP contribution in [0.1, 0.15) is 35.1 Å². The second-order valence-electron chi connectivity index (χ2n) is 10.6. The van der Waals surface area contributed by atoms with Gasteiger partial charge in [-0.3, -0.25) is 0 Å². The molecule has 2 heterocycles. The van der Waals surface area contributed by atoms with Gasteiger partial charge in [0, 0.05) is 0 Å². The van der Waals surface area contributed by atoms with Crippen LogP contribution in [0.5, 0.6) is 11.5 Å². The Morgan fingerprint density at radius 2 is 1.61 bits per heavy atom. The summed E-state index contributed by atoms with van der Waals surface area (Å²) in [6.07, 6.45) is 0.359. The Labute approximate surface area is 237 Å². The van der Waals surface area contributed by atoms with Crippen LogP contribution in [0, 0.1) is 13.8 Å². The van der Waals surface area contributed by atoms with Crippen molar-refractivity contribution in [2.75, 3.05) is 18.1 Å². The highest BCUT2D eigenvalue weighted by atomic mass is 32.2. The van der Waals surface area contributed by atoms with Crippen LogP contribution in [-0.2, 0) is 23.0 Å². The van der Waals surface area contributed by atoms with Crippen LogP contribution in [0.3, 0.4) is 0 Å². The van der Waals surface area contributed by atoms with Crippen LogP contribution in [0.15, 0.2) is 74.8 Å². The first-order valence-corrected chi connectivity index (χ1v) is 15.1. The second-order valence-corrected chi connectivity index (χ2v) is 12.9. The predicted octanol–water partition coefficient (Wildman–Crippen LogP) is 3.36. The summed E-state index contributed by atoms with van der Waals surface area (Å²) in [4.78, 5) is 24.8. The molecule has 10 nitrogen and oxygen atoms in total. The highest BCUT2D eigenvalue weighted by molar-refractivity contribution is 7.91. The van der Waals surface area contributed by atoms with E-state index in [2.05, 4.69) is 11.1 Å². The fourth-order valence-electron chi connectivity index (χ4n) is 5.00. The summed E-state index contributed by atoms with van der Waals surface area (Å²) >= 11 is 0. The molecule has 2 N–H and O–H groups in total. The molecular formula is C30H32N2O8S. The molecule has 0 atom stereocenters. The quantitative estimate of drug-likeness (QED) is 0.307. The van der Waals surface area contributed by atoms with Gasteiger partial charge in [-0.05, 0) is 90.4 Å². The lowest BCUT2D eigenvalue weighted by Crippen LogP contribution is -2.43. The normalized spacial score (nSPS) is 15.9. The number of aliphatic hydroxyl groups is 1. The molecule has 0 amide bonds. The van der Waals surface area contributed by atoms with E-state index in [4.69, 9.17) is 14.0 Å². The van der Waals surface area contributed by atoms with Gasteiger partial charge in [0.05, 0.1) is 18.1 Å². The van der Waals surface area contributed by atoms with Gasteiger partial charge in [0.25, 0.3) is 0 Å². The minimum Gasteiger partial charge on any atom is -0.491 e. The van der Waals surface area contributed by atoms with Gasteiger partial charge in [0.2, 0.25) is 0 Å². The Morgan fingerprint density at radius 1 is 0.927 bits per heavy atom.